The van der Waals surface area contributed by atoms with Crippen LogP contribution in [0.4, 0.5) is 0 Å². The van der Waals surface area contributed by atoms with Crippen LogP contribution in [0, 0.1) is 5.92 Å². The van der Waals surface area contributed by atoms with E-state index in [1.165, 1.54) is 6.07 Å². The topological polar surface area (TPSA) is 49.3 Å². The molecule has 1 aliphatic rings. The highest BCUT2D eigenvalue weighted by Gasteiger charge is 2.24. The molecule has 2 heterocycles. The van der Waals surface area contributed by atoms with Crippen LogP contribution in [-0.2, 0) is 0 Å². The second kappa shape index (κ2) is 6.03. The van der Waals surface area contributed by atoms with Crippen LogP contribution in [0.2, 0.25) is 10.3 Å². The molecule has 1 saturated heterocycles. The largest absolute Gasteiger partial charge is 0.341 e. The molecule has 0 spiro atoms. The summed E-state index contributed by atoms with van der Waals surface area (Å²) >= 11 is 11.6. The van der Waals surface area contributed by atoms with Gasteiger partial charge < -0.3 is 9.80 Å². The van der Waals surface area contributed by atoms with Gasteiger partial charge in [-0.15, -0.1) is 10.2 Å². The number of rotatable bonds is 3. The first kappa shape index (κ1) is 14.5. The summed E-state index contributed by atoms with van der Waals surface area (Å²) in [6, 6.07) is 1.45. The van der Waals surface area contributed by atoms with Gasteiger partial charge in [-0.3, -0.25) is 4.79 Å². The fourth-order valence-corrected chi connectivity index (χ4v) is 2.67. The molecule has 0 aromatic carbocycles. The molecule has 1 atom stereocenters. The molecule has 104 valence electrons. The summed E-state index contributed by atoms with van der Waals surface area (Å²) in [5.41, 5.74) is 0.301. The third-order valence-electron chi connectivity index (χ3n) is 3.32. The first-order chi connectivity index (χ1) is 8.97. The maximum absolute atomic E-state index is 12.3. The van der Waals surface area contributed by atoms with E-state index in [4.69, 9.17) is 23.2 Å². The maximum Gasteiger partial charge on any atom is 0.256 e. The lowest BCUT2D eigenvalue weighted by molar-refractivity contribution is 0.0773. The van der Waals surface area contributed by atoms with E-state index >= 15 is 0 Å². The minimum Gasteiger partial charge on any atom is -0.341 e. The molecule has 2 rings (SSSR count). The van der Waals surface area contributed by atoms with Crippen LogP contribution in [-0.4, -0.2) is 59.6 Å². The van der Waals surface area contributed by atoms with Gasteiger partial charge in [0.1, 0.15) is 0 Å². The third-order valence-corrected chi connectivity index (χ3v) is 3.78. The molecule has 1 aromatic rings. The zero-order valence-electron chi connectivity index (χ0n) is 10.9. The minimum absolute atomic E-state index is 0.0878. The van der Waals surface area contributed by atoms with Crippen molar-refractivity contribution in [2.45, 2.75) is 6.42 Å². The van der Waals surface area contributed by atoms with Crippen molar-refractivity contribution in [3.63, 3.8) is 0 Å². The fraction of sp³-hybridized carbons (Fsp3) is 0.583. The van der Waals surface area contributed by atoms with Crippen molar-refractivity contribution in [3.8, 4) is 0 Å². The second-order valence-electron chi connectivity index (χ2n) is 4.97. The number of hydrogen-bond donors (Lipinski definition) is 0. The van der Waals surface area contributed by atoms with Gasteiger partial charge in [-0.2, -0.15) is 0 Å². The Morgan fingerprint density at radius 3 is 2.89 bits per heavy atom. The summed E-state index contributed by atoms with van der Waals surface area (Å²) in [5, 5.41) is 7.51. The first-order valence-electron chi connectivity index (χ1n) is 6.10. The monoisotopic (exact) mass is 302 g/mol. The van der Waals surface area contributed by atoms with Crippen molar-refractivity contribution in [3.05, 3.63) is 21.9 Å². The summed E-state index contributed by atoms with van der Waals surface area (Å²) in [4.78, 5) is 16.2. The third kappa shape index (κ3) is 3.55. The molecule has 1 amide bonds. The zero-order chi connectivity index (χ0) is 14.0. The van der Waals surface area contributed by atoms with Gasteiger partial charge in [0.2, 0.25) is 0 Å². The Kier molecular flexibility index (Phi) is 4.60. The van der Waals surface area contributed by atoms with E-state index in [0.717, 1.165) is 19.5 Å². The second-order valence-corrected chi connectivity index (χ2v) is 5.72. The van der Waals surface area contributed by atoms with Gasteiger partial charge in [-0.05, 0) is 32.0 Å². The summed E-state index contributed by atoms with van der Waals surface area (Å²) in [5.74, 6) is 0.333. The van der Waals surface area contributed by atoms with Gasteiger partial charge in [0, 0.05) is 20.1 Å². The van der Waals surface area contributed by atoms with Crippen molar-refractivity contribution < 1.29 is 4.79 Å². The average molecular weight is 303 g/mol. The highest BCUT2D eigenvalue weighted by Crippen LogP contribution is 2.19. The SMILES string of the molecule is CN1CCC(CN(C)C(=O)c2cc(Cl)nnc2Cl)C1. The smallest absolute Gasteiger partial charge is 0.256 e. The maximum atomic E-state index is 12.3. The number of hydrogen-bond acceptors (Lipinski definition) is 4. The molecule has 1 aliphatic heterocycles. The Balaban J connectivity index is 2.04. The molecule has 0 saturated carbocycles. The number of carbonyl (C=O) groups is 1. The summed E-state index contributed by atoms with van der Waals surface area (Å²) in [6.07, 6.45) is 1.11. The molecule has 1 aromatic heterocycles. The van der Waals surface area contributed by atoms with E-state index in [-0.39, 0.29) is 16.2 Å². The lowest BCUT2D eigenvalue weighted by Crippen LogP contribution is -2.33. The molecule has 0 radical (unpaired) electrons. The van der Waals surface area contributed by atoms with Gasteiger partial charge in [0.25, 0.3) is 5.91 Å². The molecule has 1 unspecified atom stereocenters. The van der Waals surface area contributed by atoms with Crippen LogP contribution >= 0.6 is 23.2 Å². The van der Waals surface area contributed by atoms with Gasteiger partial charge in [-0.25, -0.2) is 0 Å². The van der Waals surface area contributed by atoms with Gasteiger partial charge in [0.15, 0.2) is 10.3 Å². The van der Waals surface area contributed by atoms with Crippen molar-refractivity contribution in [1.82, 2.24) is 20.0 Å². The van der Waals surface area contributed by atoms with Crippen LogP contribution in [0.1, 0.15) is 16.8 Å². The molecule has 5 nitrogen and oxygen atoms in total. The molecule has 0 N–H and O–H groups in total. The van der Waals surface area contributed by atoms with E-state index in [2.05, 4.69) is 22.1 Å². The summed E-state index contributed by atoms with van der Waals surface area (Å²) in [7, 11) is 3.86. The van der Waals surface area contributed by atoms with E-state index in [9.17, 15) is 4.79 Å². The van der Waals surface area contributed by atoms with Crippen molar-refractivity contribution in [1.29, 1.82) is 0 Å². The number of halogens is 2. The number of nitrogens with zero attached hydrogens (tertiary/aromatic N) is 4. The Bertz CT molecular complexity index is 483. The quantitative estimate of drug-likeness (QED) is 0.854. The van der Waals surface area contributed by atoms with E-state index in [1.54, 1.807) is 11.9 Å². The summed E-state index contributed by atoms with van der Waals surface area (Å²) < 4.78 is 0. The average Bonchev–Trinajstić information content (AvgIpc) is 2.77. The van der Waals surface area contributed by atoms with Crippen molar-refractivity contribution in [2.75, 3.05) is 33.7 Å². The van der Waals surface area contributed by atoms with Crippen LogP contribution < -0.4 is 0 Å². The van der Waals surface area contributed by atoms with E-state index in [1.807, 2.05) is 0 Å². The predicted octanol–water partition coefficient (Wildman–Crippen LogP) is 1.81. The number of aromatic nitrogens is 2. The number of likely N-dealkylation sites (tertiary alicyclic amines) is 1. The van der Waals surface area contributed by atoms with E-state index < -0.39 is 0 Å². The number of amides is 1. The van der Waals surface area contributed by atoms with Crippen LogP contribution in [0.25, 0.3) is 0 Å². The van der Waals surface area contributed by atoms with Crippen molar-refractivity contribution in [2.24, 2.45) is 5.92 Å². The first-order valence-corrected chi connectivity index (χ1v) is 6.85. The van der Waals surface area contributed by atoms with Crippen molar-refractivity contribution >= 4 is 29.1 Å². The van der Waals surface area contributed by atoms with Gasteiger partial charge in [-0.1, -0.05) is 23.2 Å². The lowest BCUT2D eigenvalue weighted by atomic mass is 10.1. The zero-order valence-corrected chi connectivity index (χ0v) is 12.4. The predicted molar refractivity (Wildman–Crippen MR) is 74.6 cm³/mol. The lowest BCUT2D eigenvalue weighted by Gasteiger charge is -2.21. The Morgan fingerprint density at radius 1 is 1.53 bits per heavy atom. The standard InChI is InChI=1S/C12H16Cl2N4O/c1-17-4-3-8(6-17)7-18(2)12(19)9-5-10(13)15-16-11(9)14/h5,8H,3-4,6-7H2,1-2H3. The molecular weight excluding hydrogens is 287 g/mol. The van der Waals surface area contributed by atoms with Crippen LogP contribution in [0.5, 0.6) is 0 Å². The molecule has 0 bridgehead atoms. The molecule has 7 heteroatoms. The van der Waals surface area contributed by atoms with Gasteiger partial charge >= 0.3 is 0 Å². The Morgan fingerprint density at radius 2 is 2.26 bits per heavy atom. The number of carbonyl (C=O) groups excluding carboxylic acids is 1. The summed E-state index contributed by atoms with van der Waals surface area (Å²) in [6.45, 7) is 2.80. The van der Waals surface area contributed by atoms with Crippen LogP contribution in [0.3, 0.4) is 0 Å². The molecule has 19 heavy (non-hydrogen) atoms. The van der Waals surface area contributed by atoms with Gasteiger partial charge in [0.05, 0.1) is 5.56 Å². The highest BCUT2D eigenvalue weighted by atomic mass is 35.5. The Labute approximate surface area is 122 Å². The Hall–Kier alpha value is -0.910. The van der Waals surface area contributed by atoms with Crippen LogP contribution in [0.15, 0.2) is 6.07 Å². The minimum atomic E-state index is -0.170. The molecule has 0 aliphatic carbocycles. The van der Waals surface area contributed by atoms with E-state index in [0.29, 0.717) is 18.0 Å². The molecular formula is C12H16Cl2N4O. The fourth-order valence-electron chi connectivity index (χ4n) is 2.35. The molecule has 1 fully saturated rings. The highest BCUT2D eigenvalue weighted by molar-refractivity contribution is 6.34. The normalized spacial score (nSPS) is 19.7.